The second-order valence-electron chi connectivity index (χ2n) is 5.46. The number of hydrogen-bond donors (Lipinski definition) is 1. The molecule has 0 unspecified atom stereocenters. The van der Waals surface area contributed by atoms with E-state index in [2.05, 4.69) is 5.32 Å². The number of nitrogens with one attached hydrogen (secondary N) is 1. The Bertz CT molecular complexity index is 809. The monoisotopic (exact) mass is 348 g/mol. The second kappa shape index (κ2) is 7.74. The van der Waals surface area contributed by atoms with Crippen LogP contribution < -0.4 is 15.0 Å². The summed E-state index contributed by atoms with van der Waals surface area (Å²) in [4.78, 5) is 25.5. The number of methoxy groups -OCH3 is 1. The van der Waals surface area contributed by atoms with E-state index in [1.54, 1.807) is 12.1 Å². The lowest BCUT2D eigenvalue weighted by Crippen LogP contribution is -2.37. The lowest BCUT2D eigenvalue weighted by Gasteiger charge is -2.23. The van der Waals surface area contributed by atoms with E-state index < -0.39 is 17.5 Å². The van der Waals surface area contributed by atoms with Gasteiger partial charge in [0, 0.05) is 18.7 Å². The second-order valence-corrected chi connectivity index (χ2v) is 5.46. The van der Waals surface area contributed by atoms with E-state index in [4.69, 9.17) is 4.74 Å². The van der Waals surface area contributed by atoms with Crippen molar-refractivity contribution >= 4 is 23.2 Å². The molecular weight excluding hydrogens is 330 g/mol. The molecule has 0 aliphatic heterocycles. The third-order valence-corrected chi connectivity index (χ3v) is 3.51. The summed E-state index contributed by atoms with van der Waals surface area (Å²) in [6.07, 6.45) is 0. The van der Waals surface area contributed by atoms with Gasteiger partial charge in [-0.1, -0.05) is 6.07 Å². The van der Waals surface area contributed by atoms with Gasteiger partial charge in [-0.15, -0.1) is 0 Å². The molecule has 0 bridgehead atoms. The summed E-state index contributed by atoms with van der Waals surface area (Å²) >= 11 is 0. The fourth-order valence-electron chi connectivity index (χ4n) is 2.30. The van der Waals surface area contributed by atoms with Gasteiger partial charge in [0.1, 0.15) is 12.3 Å². The Balaban J connectivity index is 2.21. The summed E-state index contributed by atoms with van der Waals surface area (Å²) in [7, 11) is 1.47. The molecule has 2 amide bonds. The van der Waals surface area contributed by atoms with Gasteiger partial charge < -0.3 is 10.1 Å². The Hall–Kier alpha value is -2.96. The Morgan fingerprint density at radius 1 is 1.12 bits per heavy atom. The van der Waals surface area contributed by atoms with E-state index in [0.717, 1.165) is 17.7 Å². The Labute approximate surface area is 144 Å². The molecule has 1 N–H and O–H groups in total. The highest BCUT2D eigenvalue weighted by atomic mass is 19.2. The molecule has 0 atom stereocenters. The zero-order valence-electron chi connectivity index (χ0n) is 14.1. The summed E-state index contributed by atoms with van der Waals surface area (Å²) in [5.74, 6) is -2.54. The van der Waals surface area contributed by atoms with Crippen LogP contribution in [0, 0.1) is 18.6 Å². The summed E-state index contributed by atoms with van der Waals surface area (Å²) in [5.41, 5.74) is 1.45. The molecule has 0 saturated carbocycles. The smallest absolute Gasteiger partial charge is 0.244 e. The first-order chi connectivity index (χ1) is 11.8. The van der Waals surface area contributed by atoms with Crippen LogP contribution in [0.1, 0.15) is 12.5 Å². The van der Waals surface area contributed by atoms with E-state index in [1.807, 2.05) is 13.0 Å². The van der Waals surface area contributed by atoms with Crippen LogP contribution in [0.15, 0.2) is 36.4 Å². The van der Waals surface area contributed by atoms with Crippen LogP contribution in [0.2, 0.25) is 0 Å². The van der Waals surface area contributed by atoms with Gasteiger partial charge in [0.25, 0.3) is 0 Å². The van der Waals surface area contributed by atoms with Crippen LogP contribution >= 0.6 is 0 Å². The maximum Gasteiger partial charge on any atom is 0.244 e. The Morgan fingerprint density at radius 2 is 1.84 bits per heavy atom. The summed E-state index contributed by atoms with van der Waals surface area (Å²) in [6, 6.07) is 8.28. The first-order valence-electron chi connectivity index (χ1n) is 7.49. The molecule has 2 rings (SSSR count). The van der Waals surface area contributed by atoms with Crippen molar-refractivity contribution in [1.82, 2.24) is 0 Å². The normalized spacial score (nSPS) is 10.3. The van der Waals surface area contributed by atoms with Crippen LogP contribution in [0.5, 0.6) is 5.75 Å². The van der Waals surface area contributed by atoms with Gasteiger partial charge in [-0.3, -0.25) is 14.5 Å². The lowest BCUT2D eigenvalue weighted by molar-refractivity contribution is -0.120. The largest absolute Gasteiger partial charge is 0.495 e. The molecule has 25 heavy (non-hydrogen) atoms. The average molecular weight is 348 g/mol. The number of carbonyl (C=O) groups excluding carboxylic acids is 2. The Morgan fingerprint density at radius 3 is 2.44 bits per heavy atom. The number of carbonyl (C=O) groups is 2. The molecule has 0 fully saturated rings. The molecule has 0 radical (unpaired) electrons. The molecular formula is C18H18F2N2O3. The average Bonchev–Trinajstić information content (AvgIpc) is 2.55. The van der Waals surface area contributed by atoms with Crippen LogP contribution in [0.3, 0.4) is 0 Å². The van der Waals surface area contributed by atoms with Gasteiger partial charge in [0.15, 0.2) is 11.6 Å². The van der Waals surface area contributed by atoms with Crippen molar-refractivity contribution < 1.29 is 23.1 Å². The van der Waals surface area contributed by atoms with Crippen molar-refractivity contribution in [2.45, 2.75) is 13.8 Å². The minimum Gasteiger partial charge on any atom is -0.495 e. The number of rotatable bonds is 5. The number of ether oxygens (including phenoxy) is 1. The van der Waals surface area contributed by atoms with Gasteiger partial charge >= 0.3 is 0 Å². The standard InChI is InChI=1S/C18H18F2N2O3/c1-11-4-7-17(25-3)16(8-11)22(12(2)23)10-18(24)21-13-5-6-14(19)15(20)9-13/h4-9H,10H2,1-3H3,(H,21,24). The molecule has 132 valence electrons. The van der Waals surface area contributed by atoms with Gasteiger partial charge in [0.05, 0.1) is 12.8 Å². The fraction of sp³-hybridized carbons (Fsp3) is 0.222. The van der Waals surface area contributed by atoms with Crippen LogP contribution in [0.25, 0.3) is 0 Å². The highest BCUT2D eigenvalue weighted by Gasteiger charge is 2.20. The van der Waals surface area contributed by atoms with Crippen molar-refractivity contribution in [2.75, 3.05) is 23.9 Å². The highest BCUT2D eigenvalue weighted by Crippen LogP contribution is 2.29. The molecule has 0 heterocycles. The van der Waals surface area contributed by atoms with Gasteiger partial charge in [0.2, 0.25) is 11.8 Å². The first-order valence-corrected chi connectivity index (χ1v) is 7.49. The zero-order valence-corrected chi connectivity index (χ0v) is 14.1. The number of anilines is 2. The fourth-order valence-corrected chi connectivity index (χ4v) is 2.30. The molecule has 0 aromatic heterocycles. The quantitative estimate of drug-likeness (QED) is 0.902. The number of benzene rings is 2. The molecule has 2 aromatic carbocycles. The highest BCUT2D eigenvalue weighted by molar-refractivity contribution is 6.02. The topological polar surface area (TPSA) is 58.6 Å². The third kappa shape index (κ3) is 4.53. The van der Waals surface area contributed by atoms with Crippen molar-refractivity contribution in [3.05, 3.63) is 53.6 Å². The van der Waals surface area contributed by atoms with Gasteiger partial charge in [-0.2, -0.15) is 0 Å². The predicted octanol–water partition coefficient (Wildman–Crippen LogP) is 3.27. The molecule has 5 nitrogen and oxygen atoms in total. The predicted molar refractivity (Wildman–Crippen MR) is 90.7 cm³/mol. The summed E-state index contributed by atoms with van der Waals surface area (Å²) < 4.78 is 31.4. The van der Waals surface area contributed by atoms with Gasteiger partial charge in [-0.05, 0) is 36.8 Å². The molecule has 2 aromatic rings. The summed E-state index contributed by atoms with van der Waals surface area (Å²) in [6.45, 7) is 2.88. The van der Waals surface area contributed by atoms with E-state index in [9.17, 15) is 18.4 Å². The maximum atomic E-state index is 13.2. The first kappa shape index (κ1) is 18.4. The van der Waals surface area contributed by atoms with Crippen molar-refractivity contribution in [2.24, 2.45) is 0 Å². The molecule has 0 aliphatic rings. The minimum absolute atomic E-state index is 0.101. The summed E-state index contributed by atoms with van der Waals surface area (Å²) in [5, 5.41) is 2.44. The number of amides is 2. The van der Waals surface area contributed by atoms with E-state index in [1.165, 1.54) is 25.0 Å². The molecule has 0 aliphatic carbocycles. The lowest BCUT2D eigenvalue weighted by atomic mass is 10.2. The number of halogens is 2. The molecule has 7 heteroatoms. The SMILES string of the molecule is COc1ccc(C)cc1N(CC(=O)Nc1ccc(F)c(F)c1)C(C)=O. The minimum atomic E-state index is -1.07. The Kier molecular flexibility index (Phi) is 5.69. The maximum absolute atomic E-state index is 13.2. The van der Waals surface area contributed by atoms with E-state index in [-0.39, 0.29) is 18.1 Å². The van der Waals surface area contributed by atoms with Crippen molar-refractivity contribution in [1.29, 1.82) is 0 Å². The number of aryl methyl sites for hydroxylation is 1. The van der Waals surface area contributed by atoms with E-state index >= 15 is 0 Å². The van der Waals surface area contributed by atoms with Crippen molar-refractivity contribution in [3.63, 3.8) is 0 Å². The zero-order chi connectivity index (χ0) is 18.6. The third-order valence-electron chi connectivity index (χ3n) is 3.51. The molecule has 0 saturated heterocycles. The molecule has 0 spiro atoms. The number of nitrogens with zero attached hydrogens (tertiary/aromatic N) is 1. The van der Waals surface area contributed by atoms with Crippen LogP contribution in [-0.4, -0.2) is 25.5 Å². The van der Waals surface area contributed by atoms with Crippen molar-refractivity contribution in [3.8, 4) is 5.75 Å². The van der Waals surface area contributed by atoms with E-state index in [0.29, 0.717) is 11.4 Å². The number of hydrogen-bond acceptors (Lipinski definition) is 3. The van der Waals surface area contributed by atoms with Crippen LogP contribution in [-0.2, 0) is 9.59 Å². The van der Waals surface area contributed by atoms with Crippen LogP contribution in [0.4, 0.5) is 20.2 Å². The van der Waals surface area contributed by atoms with Gasteiger partial charge in [-0.25, -0.2) is 8.78 Å².